The highest BCUT2D eigenvalue weighted by Crippen LogP contribution is 2.45. The molecule has 2 aromatic carbocycles. The first-order valence-corrected chi connectivity index (χ1v) is 13.0. The summed E-state index contributed by atoms with van der Waals surface area (Å²) in [6, 6.07) is 14.6. The molecule has 5 aromatic rings. The number of pyridine rings is 1. The van der Waals surface area contributed by atoms with Gasteiger partial charge in [0.2, 0.25) is 0 Å². The molecule has 1 N–H and O–H groups in total. The third-order valence-electron chi connectivity index (χ3n) is 6.42. The van der Waals surface area contributed by atoms with E-state index in [4.69, 9.17) is 27.9 Å². The maximum atomic E-state index is 13.6. The highest BCUT2D eigenvalue weighted by atomic mass is 35.5. The smallest absolute Gasteiger partial charge is 0.301 e. The van der Waals surface area contributed by atoms with Crippen molar-refractivity contribution in [1.82, 2.24) is 14.4 Å². The minimum Gasteiger partial charge on any atom is -0.505 e. The number of aryl methyl sites for hydroxylation is 1. The molecule has 0 bridgehead atoms. The van der Waals surface area contributed by atoms with Gasteiger partial charge in [-0.2, -0.15) is 0 Å². The van der Waals surface area contributed by atoms with E-state index in [0.717, 1.165) is 4.70 Å². The van der Waals surface area contributed by atoms with Gasteiger partial charge in [0, 0.05) is 6.20 Å². The van der Waals surface area contributed by atoms with Crippen LogP contribution in [0.15, 0.2) is 66.4 Å². The van der Waals surface area contributed by atoms with Gasteiger partial charge in [0.25, 0.3) is 5.78 Å². The summed E-state index contributed by atoms with van der Waals surface area (Å²) < 4.78 is 7.76. The number of hydrogen-bond acceptors (Lipinski definition) is 7. The van der Waals surface area contributed by atoms with Crippen LogP contribution < -0.4 is 9.64 Å². The number of aliphatic hydroxyl groups excluding tert-OH is 1. The molecule has 11 heteroatoms. The molecular formula is C27H18Cl2N4O4S. The number of rotatable bonds is 4. The van der Waals surface area contributed by atoms with Crippen LogP contribution in [0.1, 0.15) is 23.0 Å². The summed E-state index contributed by atoms with van der Waals surface area (Å²) in [5, 5.41) is 12.5. The second kappa shape index (κ2) is 9.13. The first kappa shape index (κ1) is 24.4. The summed E-state index contributed by atoms with van der Waals surface area (Å²) in [5.41, 5.74) is 2.44. The SMILES string of the molecule is COc1ccc2nc(N3C(=O)C(=O)C(=C(O)c4c(C)nc5ccccn45)C3c3ccc(Cl)c(Cl)c3)sc2c1. The first-order valence-electron chi connectivity index (χ1n) is 11.4. The summed E-state index contributed by atoms with van der Waals surface area (Å²) >= 11 is 13.8. The minimum absolute atomic E-state index is 0.0982. The predicted molar refractivity (Wildman–Crippen MR) is 147 cm³/mol. The van der Waals surface area contributed by atoms with Gasteiger partial charge in [-0.3, -0.25) is 18.9 Å². The van der Waals surface area contributed by atoms with Crippen molar-refractivity contribution in [3.63, 3.8) is 0 Å². The molecule has 4 heterocycles. The Labute approximate surface area is 230 Å². The van der Waals surface area contributed by atoms with Gasteiger partial charge >= 0.3 is 5.91 Å². The molecule has 1 saturated heterocycles. The lowest BCUT2D eigenvalue weighted by Gasteiger charge is -2.23. The highest BCUT2D eigenvalue weighted by molar-refractivity contribution is 7.22. The van der Waals surface area contributed by atoms with Crippen LogP contribution in [-0.4, -0.2) is 38.3 Å². The number of carbonyl (C=O) groups is 2. The number of ketones is 1. The molecule has 1 amide bonds. The molecule has 0 saturated carbocycles. The summed E-state index contributed by atoms with van der Waals surface area (Å²) in [4.78, 5) is 37.6. The van der Waals surface area contributed by atoms with E-state index in [2.05, 4.69) is 9.97 Å². The number of amides is 1. The molecule has 6 rings (SSSR count). The average Bonchev–Trinajstić information content (AvgIpc) is 3.55. The van der Waals surface area contributed by atoms with Crippen molar-refractivity contribution in [2.24, 2.45) is 0 Å². The maximum absolute atomic E-state index is 13.6. The third-order valence-corrected chi connectivity index (χ3v) is 8.18. The molecule has 0 radical (unpaired) electrons. The molecule has 0 spiro atoms. The zero-order chi connectivity index (χ0) is 26.7. The molecule has 1 aliphatic rings. The van der Waals surface area contributed by atoms with Crippen molar-refractivity contribution in [1.29, 1.82) is 0 Å². The van der Waals surface area contributed by atoms with E-state index in [9.17, 15) is 14.7 Å². The molecule has 3 aromatic heterocycles. The Morgan fingerprint density at radius 2 is 1.87 bits per heavy atom. The number of hydrogen-bond donors (Lipinski definition) is 1. The van der Waals surface area contributed by atoms with Crippen molar-refractivity contribution in [2.75, 3.05) is 12.0 Å². The fourth-order valence-corrected chi connectivity index (χ4v) is 6.00. The number of benzene rings is 2. The topological polar surface area (TPSA) is 97.0 Å². The number of thiazole rings is 1. The second-order valence-corrected chi connectivity index (χ2v) is 10.5. The van der Waals surface area contributed by atoms with Crippen molar-refractivity contribution >= 4 is 73.0 Å². The van der Waals surface area contributed by atoms with Crippen molar-refractivity contribution in [2.45, 2.75) is 13.0 Å². The number of anilines is 1. The van der Waals surface area contributed by atoms with Gasteiger partial charge in [-0.1, -0.05) is 46.7 Å². The molecule has 190 valence electrons. The Morgan fingerprint density at radius 3 is 2.63 bits per heavy atom. The summed E-state index contributed by atoms with van der Waals surface area (Å²) in [6.45, 7) is 1.73. The predicted octanol–water partition coefficient (Wildman–Crippen LogP) is 6.19. The largest absolute Gasteiger partial charge is 0.505 e. The van der Waals surface area contributed by atoms with Gasteiger partial charge in [0.15, 0.2) is 10.9 Å². The number of ether oxygens (including phenoxy) is 1. The Hall–Kier alpha value is -3.92. The standard InChI is InChI=1S/C27H18Cl2N4O4S/c1-13-22(32-10-4-3-5-20(32)30-13)24(34)21-23(14-6-8-16(28)17(29)11-14)33(26(36)25(21)35)27-31-18-9-7-15(37-2)12-19(18)38-27/h3-12,23,34H,1-2H3. The second-order valence-electron chi connectivity index (χ2n) is 8.65. The van der Waals surface area contributed by atoms with Gasteiger partial charge in [-0.15, -0.1) is 0 Å². The molecule has 1 fully saturated rings. The fourth-order valence-electron chi connectivity index (χ4n) is 4.68. The van der Waals surface area contributed by atoms with E-state index in [1.54, 1.807) is 67.1 Å². The fraction of sp³-hybridized carbons (Fsp3) is 0.111. The quantitative estimate of drug-likeness (QED) is 0.159. The Morgan fingerprint density at radius 1 is 1.05 bits per heavy atom. The normalized spacial score (nSPS) is 17.2. The van der Waals surface area contributed by atoms with E-state index >= 15 is 0 Å². The Kier molecular flexibility index (Phi) is 5.86. The molecule has 38 heavy (non-hydrogen) atoms. The van der Waals surface area contributed by atoms with Crippen molar-refractivity contribution < 1.29 is 19.4 Å². The van der Waals surface area contributed by atoms with Crippen molar-refractivity contribution in [3.05, 3.63) is 93.4 Å². The third kappa shape index (κ3) is 3.74. The number of carbonyl (C=O) groups excluding carboxylic acids is 2. The molecular weight excluding hydrogens is 547 g/mol. The van der Waals surface area contributed by atoms with E-state index in [1.165, 1.54) is 16.2 Å². The van der Waals surface area contributed by atoms with Crippen LogP contribution in [0.25, 0.3) is 21.6 Å². The van der Waals surface area contributed by atoms with Gasteiger partial charge in [-0.25, -0.2) is 9.97 Å². The average molecular weight is 565 g/mol. The lowest BCUT2D eigenvalue weighted by molar-refractivity contribution is -0.132. The van der Waals surface area contributed by atoms with Crippen molar-refractivity contribution in [3.8, 4) is 5.75 Å². The molecule has 1 aliphatic heterocycles. The Bertz CT molecular complexity index is 1830. The van der Waals surface area contributed by atoms with Crippen LogP contribution in [0.3, 0.4) is 0 Å². The lowest BCUT2D eigenvalue weighted by Crippen LogP contribution is -2.29. The van der Waals surface area contributed by atoms with Gasteiger partial charge < -0.3 is 9.84 Å². The zero-order valence-electron chi connectivity index (χ0n) is 20.0. The molecule has 8 nitrogen and oxygen atoms in total. The van der Waals surface area contributed by atoms with Crippen LogP contribution in [0.4, 0.5) is 5.13 Å². The monoisotopic (exact) mass is 564 g/mol. The van der Waals surface area contributed by atoms with Crippen LogP contribution in [0.5, 0.6) is 5.75 Å². The van der Waals surface area contributed by atoms with Gasteiger partial charge in [0.05, 0.1) is 44.7 Å². The van der Waals surface area contributed by atoms with E-state index in [0.29, 0.717) is 44.0 Å². The van der Waals surface area contributed by atoms with E-state index < -0.39 is 17.7 Å². The number of methoxy groups -OCH3 is 1. The molecule has 1 atom stereocenters. The molecule has 0 aliphatic carbocycles. The number of nitrogens with zero attached hydrogens (tertiary/aromatic N) is 4. The zero-order valence-corrected chi connectivity index (χ0v) is 22.3. The number of halogens is 2. The summed E-state index contributed by atoms with van der Waals surface area (Å²) in [7, 11) is 1.56. The van der Waals surface area contributed by atoms with Gasteiger partial charge in [0.1, 0.15) is 17.1 Å². The first-order chi connectivity index (χ1) is 18.3. The van der Waals surface area contributed by atoms with Crippen LogP contribution >= 0.6 is 34.5 Å². The van der Waals surface area contributed by atoms with Crippen LogP contribution in [-0.2, 0) is 9.59 Å². The summed E-state index contributed by atoms with van der Waals surface area (Å²) in [5.74, 6) is -1.37. The number of Topliss-reactive ketones (excluding diaryl/α,β-unsaturated/α-hetero) is 1. The van der Waals surface area contributed by atoms with Crippen LogP contribution in [0, 0.1) is 6.92 Å². The number of aliphatic hydroxyl groups is 1. The number of fused-ring (bicyclic) bond motifs is 2. The molecule has 1 unspecified atom stereocenters. The highest BCUT2D eigenvalue weighted by Gasteiger charge is 2.48. The van der Waals surface area contributed by atoms with Crippen LogP contribution in [0.2, 0.25) is 10.0 Å². The maximum Gasteiger partial charge on any atom is 0.301 e. The summed E-state index contributed by atoms with van der Waals surface area (Å²) in [6.07, 6.45) is 1.73. The number of aromatic nitrogens is 3. The van der Waals surface area contributed by atoms with Gasteiger partial charge in [-0.05, 0) is 55.0 Å². The van der Waals surface area contributed by atoms with E-state index in [1.807, 2.05) is 12.1 Å². The minimum atomic E-state index is -1.01. The van der Waals surface area contributed by atoms with E-state index in [-0.39, 0.29) is 16.4 Å². The number of imidazole rings is 1. The lowest BCUT2D eigenvalue weighted by atomic mass is 9.96. The Balaban J connectivity index is 1.61.